The van der Waals surface area contributed by atoms with Gasteiger partial charge in [0.25, 0.3) is 0 Å². The van der Waals surface area contributed by atoms with Crippen LogP contribution in [0.15, 0.2) is 18.2 Å². The minimum Gasteiger partial charge on any atom is -0.331 e. The molecule has 1 aliphatic carbocycles. The highest BCUT2D eigenvalue weighted by molar-refractivity contribution is 5.77. The van der Waals surface area contributed by atoms with E-state index in [1.807, 2.05) is 0 Å². The molecule has 102 valence electrons. The zero-order chi connectivity index (χ0) is 13.4. The molecule has 19 heavy (non-hydrogen) atoms. The lowest BCUT2D eigenvalue weighted by molar-refractivity contribution is 0.395. The Morgan fingerprint density at radius 2 is 2.21 bits per heavy atom. The van der Waals surface area contributed by atoms with E-state index in [0.717, 1.165) is 18.4 Å². The molecule has 0 radical (unpaired) electrons. The second-order valence-corrected chi connectivity index (χ2v) is 6.00. The predicted molar refractivity (Wildman–Crippen MR) is 79.3 cm³/mol. The summed E-state index contributed by atoms with van der Waals surface area (Å²) < 4.78 is 2.29. The Morgan fingerprint density at radius 1 is 1.42 bits per heavy atom. The second kappa shape index (κ2) is 4.97. The maximum Gasteiger partial charge on any atom is 0.112 e. The van der Waals surface area contributed by atoms with Crippen molar-refractivity contribution in [1.29, 1.82) is 0 Å². The molecule has 3 nitrogen and oxygen atoms in total. The van der Waals surface area contributed by atoms with Crippen LogP contribution in [-0.4, -0.2) is 15.6 Å². The molecule has 3 rings (SSSR count). The van der Waals surface area contributed by atoms with Gasteiger partial charge in [-0.3, -0.25) is 0 Å². The molecule has 1 aromatic heterocycles. The zero-order valence-corrected chi connectivity index (χ0v) is 11.9. The minimum atomic E-state index is 0.271. The van der Waals surface area contributed by atoms with Gasteiger partial charge in [-0.2, -0.15) is 0 Å². The fraction of sp³-hybridized carbons (Fsp3) is 0.562. The van der Waals surface area contributed by atoms with Crippen molar-refractivity contribution in [1.82, 2.24) is 9.55 Å². The second-order valence-electron chi connectivity index (χ2n) is 6.00. The van der Waals surface area contributed by atoms with Crippen molar-refractivity contribution in [3.63, 3.8) is 0 Å². The van der Waals surface area contributed by atoms with Crippen molar-refractivity contribution in [2.24, 2.45) is 12.8 Å². The average Bonchev–Trinajstić information content (AvgIpc) is 2.62. The molecular formula is C16H23N3. The van der Waals surface area contributed by atoms with E-state index in [9.17, 15) is 0 Å². The number of hydrogen-bond donors (Lipinski definition) is 1. The Kier molecular flexibility index (Phi) is 3.31. The summed E-state index contributed by atoms with van der Waals surface area (Å²) in [5, 5.41) is 0. The van der Waals surface area contributed by atoms with Gasteiger partial charge in [0.15, 0.2) is 0 Å². The summed E-state index contributed by atoms with van der Waals surface area (Å²) in [5.74, 6) is 1.95. The molecule has 2 N–H and O–H groups in total. The highest BCUT2D eigenvalue weighted by Gasteiger charge is 2.24. The Balaban J connectivity index is 1.91. The van der Waals surface area contributed by atoms with E-state index in [2.05, 4.69) is 36.7 Å². The third-order valence-corrected chi connectivity index (χ3v) is 4.34. The first-order valence-electron chi connectivity index (χ1n) is 7.36. The zero-order valence-electron chi connectivity index (χ0n) is 11.9. The molecule has 0 spiro atoms. The number of nitrogens with two attached hydrogens (primary N) is 1. The van der Waals surface area contributed by atoms with Gasteiger partial charge in [-0.05, 0) is 50.3 Å². The summed E-state index contributed by atoms with van der Waals surface area (Å²) in [4.78, 5) is 4.81. The summed E-state index contributed by atoms with van der Waals surface area (Å²) in [7, 11) is 2.15. The molecule has 3 heteroatoms. The molecule has 1 aromatic carbocycles. The van der Waals surface area contributed by atoms with Gasteiger partial charge in [0.2, 0.25) is 0 Å². The van der Waals surface area contributed by atoms with Gasteiger partial charge < -0.3 is 10.3 Å². The van der Waals surface area contributed by atoms with E-state index in [4.69, 9.17) is 10.7 Å². The van der Waals surface area contributed by atoms with Gasteiger partial charge in [-0.15, -0.1) is 0 Å². The van der Waals surface area contributed by atoms with Crippen molar-refractivity contribution in [2.45, 2.75) is 51.0 Å². The van der Waals surface area contributed by atoms with E-state index < -0.39 is 0 Å². The third kappa shape index (κ3) is 2.39. The molecule has 1 fully saturated rings. The van der Waals surface area contributed by atoms with Crippen molar-refractivity contribution < 1.29 is 0 Å². The number of fused-ring (bicyclic) bond motifs is 1. The maximum atomic E-state index is 5.83. The number of aromatic nitrogens is 2. The average molecular weight is 257 g/mol. The monoisotopic (exact) mass is 257 g/mol. The van der Waals surface area contributed by atoms with Crippen LogP contribution in [0.1, 0.15) is 49.9 Å². The third-order valence-electron chi connectivity index (χ3n) is 4.34. The van der Waals surface area contributed by atoms with Crippen LogP contribution in [0, 0.1) is 0 Å². The summed E-state index contributed by atoms with van der Waals surface area (Å²) in [6.45, 7) is 2.07. The van der Waals surface area contributed by atoms with E-state index in [0.29, 0.717) is 5.92 Å². The lowest BCUT2D eigenvalue weighted by Crippen LogP contribution is -2.15. The Morgan fingerprint density at radius 3 is 2.84 bits per heavy atom. The number of aryl methyl sites for hydroxylation is 2. The van der Waals surface area contributed by atoms with Gasteiger partial charge in [0.1, 0.15) is 5.82 Å². The van der Waals surface area contributed by atoms with Crippen LogP contribution in [0.25, 0.3) is 11.0 Å². The predicted octanol–water partition coefficient (Wildman–Crippen LogP) is 3.12. The first-order chi connectivity index (χ1) is 9.15. The topological polar surface area (TPSA) is 43.8 Å². The van der Waals surface area contributed by atoms with Crippen LogP contribution in [0.3, 0.4) is 0 Å². The van der Waals surface area contributed by atoms with Crippen molar-refractivity contribution >= 4 is 11.0 Å². The molecule has 0 aliphatic heterocycles. The van der Waals surface area contributed by atoms with E-state index in [-0.39, 0.29) is 6.04 Å². The van der Waals surface area contributed by atoms with Crippen LogP contribution in [-0.2, 0) is 13.5 Å². The first-order valence-corrected chi connectivity index (χ1v) is 7.36. The van der Waals surface area contributed by atoms with E-state index in [1.54, 1.807) is 0 Å². The van der Waals surface area contributed by atoms with Gasteiger partial charge in [0, 0.05) is 19.0 Å². The Labute approximate surface area is 114 Å². The maximum absolute atomic E-state index is 5.83. The summed E-state index contributed by atoms with van der Waals surface area (Å²) >= 11 is 0. The Bertz CT molecular complexity index is 579. The highest BCUT2D eigenvalue weighted by Crippen LogP contribution is 2.36. The molecule has 0 saturated heterocycles. The summed E-state index contributed by atoms with van der Waals surface area (Å²) in [5.41, 5.74) is 9.60. The lowest BCUT2D eigenvalue weighted by Gasteiger charge is -2.24. The molecular weight excluding hydrogens is 234 g/mol. The van der Waals surface area contributed by atoms with Gasteiger partial charge in [0.05, 0.1) is 11.0 Å². The number of imidazole rings is 1. The van der Waals surface area contributed by atoms with Crippen LogP contribution < -0.4 is 5.73 Å². The van der Waals surface area contributed by atoms with Crippen molar-refractivity contribution in [2.75, 3.05) is 0 Å². The fourth-order valence-corrected chi connectivity index (χ4v) is 2.84. The van der Waals surface area contributed by atoms with E-state index >= 15 is 0 Å². The summed E-state index contributed by atoms with van der Waals surface area (Å²) in [6, 6.07) is 6.91. The molecule has 0 bridgehead atoms. The fourth-order valence-electron chi connectivity index (χ4n) is 2.84. The number of nitrogens with zero attached hydrogens (tertiary/aromatic N) is 2. The Hall–Kier alpha value is -1.35. The lowest BCUT2D eigenvalue weighted by atomic mass is 9.85. The molecule has 1 atom stereocenters. The minimum absolute atomic E-state index is 0.271. The molecule has 1 aliphatic rings. The van der Waals surface area contributed by atoms with Crippen LogP contribution in [0.2, 0.25) is 0 Å². The molecule has 1 unspecified atom stereocenters. The number of rotatable bonds is 4. The SMILES string of the molecule is CC(N)CCc1ccc2nc(C3CCC3)n(C)c2c1. The van der Waals surface area contributed by atoms with Gasteiger partial charge in [-0.25, -0.2) is 4.98 Å². The first kappa shape index (κ1) is 12.7. The van der Waals surface area contributed by atoms with Crippen LogP contribution >= 0.6 is 0 Å². The van der Waals surface area contributed by atoms with Crippen LogP contribution in [0.4, 0.5) is 0 Å². The van der Waals surface area contributed by atoms with E-state index in [1.165, 1.54) is 36.2 Å². The quantitative estimate of drug-likeness (QED) is 0.914. The smallest absolute Gasteiger partial charge is 0.112 e. The largest absolute Gasteiger partial charge is 0.331 e. The standard InChI is InChI=1S/C16H23N3/c1-11(17)6-7-12-8-9-14-15(10-12)19(2)16(18-14)13-4-3-5-13/h8-11,13H,3-7,17H2,1-2H3. The highest BCUT2D eigenvalue weighted by atomic mass is 15.1. The normalized spacial score (nSPS) is 17.6. The molecule has 1 heterocycles. The van der Waals surface area contributed by atoms with Crippen molar-refractivity contribution in [3.05, 3.63) is 29.6 Å². The molecule has 0 amide bonds. The number of hydrogen-bond acceptors (Lipinski definition) is 2. The van der Waals surface area contributed by atoms with Crippen molar-refractivity contribution in [3.8, 4) is 0 Å². The molecule has 2 aromatic rings. The molecule has 1 saturated carbocycles. The van der Waals surface area contributed by atoms with Gasteiger partial charge >= 0.3 is 0 Å². The summed E-state index contributed by atoms with van der Waals surface area (Å²) in [6.07, 6.45) is 6.05. The van der Waals surface area contributed by atoms with Gasteiger partial charge in [-0.1, -0.05) is 12.5 Å². The van der Waals surface area contributed by atoms with Crippen LogP contribution in [0.5, 0.6) is 0 Å². The number of benzene rings is 1.